The Bertz CT molecular complexity index is 492. The first-order chi connectivity index (χ1) is 6.63. The van der Waals surface area contributed by atoms with E-state index in [0.717, 1.165) is 25.4 Å². The van der Waals surface area contributed by atoms with E-state index >= 15 is 0 Å². The van der Waals surface area contributed by atoms with Crippen LogP contribution in [0.3, 0.4) is 0 Å². The molecule has 0 aliphatic heterocycles. The van der Waals surface area contributed by atoms with E-state index in [1.807, 2.05) is 6.07 Å². The molecule has 0 aliphatic carbocycles. The Balaban J connectivity index is 2.84. The second-order valence-corrected chi connectivity index (χ2v) is 5.45. The zero-order valence-electron chi connectivity index (χ0n) is 8.22. The number of hydrogen-bond acceptors (Lipinski definition) is 3. The van der Waals surface area contributed by atoms with Crippen LogP contribution in [0, 0.1) is 13.8 Å². The van der Waals surface area contributed by atoms with Crippen molar-refractivity contribution in [3.63, 3.8) is 0 Å². The molecule has 0 atom stereocenters. The highest BCUT2D eigenvalue weighted by atomic mass is 79.9. The fourth-order valence-corrected chi connectivity index (χ4v) is 2.95. The normalized spacial score (nSPS) is 10.9. The Hall–Kier alpha value is -0.610. The van der Waals surface area contributed by atoms with Crippen LogP contribution in [0.1, 0.15) is 11.1 Å². The summed E-state index contributed by atoms with van der Waals surface area (Å²) < 4.78 is 7.39. The average molecular weight is 272 g/mol. The lowest BCUT2D eigenvalue weighted by atomic mass is 10.1. The molecule has 0 saturated heterocycles. The van der Waals surface area contributed by atoms with Crippen LogP contribution in [0.5, 0.6) is 5.75 Å². The molecule has 0 spiro atoms. The lowest BCUT2D eigenvalue weighted by Gasteiger charge is -2.07. The molecule has 0 bridgehead atoms. The Kier molecular flexibility index (Phi) is 2.49. The number of hydrogen-bond donors (Lipinski definition) is 0. The number of ether oxygens (including phenoxy) is 1. The lowest BCUT2D eigenvalue weighted by molar-refractivity contribution is 0.412. The van der Waals surface area contributed by atoms with Gasteiger partial charge in [0.25, 0.3) is 0 Å². The highest BCUT2D eigenvalue weighted by molar-refractivity contribution is 9.11. The van der Waals surface area contributed by atoms with Gasteiger partial charge in [-0.05, 0) is 47.0 Å². The maximum absolute atomic E-state index is 5.31. The van der Waals surface area contributed by atoms with Gasteiger partial charge in [0.05, 0.1) is 17.3 Å². The highest BCUT2D eigenvalue weighted by Gasteiger charge is 2.10. The van der Waals surface area contributed by atoms with Crippen LogP contribution in [0.4, 0.5) is 0 Å². The molecule has 1 heterocycles. The van der Waals surface area contributed by atoms with Gasteiger partial charge in [0.2, 0.25) is 0 Å². The zero-order valence-corrected chi connectivity index (χ0v) is 10.6. The first kappa shape index (κ1) is 9.93. The van der Waals surface area contributed by atoms with E-state index in [2.05, 4.69) is 34.8 Å². The summed E-state index contributed by atoms with van der Waals surface area (Å²) in [7, 11) is 1.70. The molecule has 0 aliphatic rings. The van der Waals surface area contributed by atoms with Crippen LogP contribution in [-0.4, -0.2) is 12.1 Å². The maximum Gasteiger partial charge on any atom is 0.160 e. The van der Waals surface area contributed by atoms with Crippen LogP contribution in [0.25, 0.3) is 10.2 Å². The predicted molar refractivity (Wildman–Crippen MR) is 63.3 cm³/mol. The van der Waals surface area contributed by atoms with Gasteiger partial charge in [0, 0.05) is 0 Å². The van der Waals surface area contributed by atoms with E-state index in [-0.39, 0.29) is 0 Å². The SMILES string of the molecule is COc1cc2sc(Br)nc2c(C)c1C. The Labute approximate surface area is 95.0 Å². The van der Waals surface area contributed by atoms with Crippen molar-refractivity contribution in [3.8, 4) is 5.75 Å². The van der Waals surface area contributed by atoms with Gasteiger partial charge >= 0.3 is 0 Å². The average Bonchev–Trinajstić information content (AvgIpc) is 2.52. The molecule has 0 unspecified atom stereocenters. The summed E-state index contributed by atoms with van der Waals surface area (Å²) >= 11 is 5.03. The molecule has 1 aromatic heterocycles. The van der Waals surface area contributed by atoms with E-state index in [1.165, 1.54) is 5.56 Å². The minimum atomic E-state index is 0.920. The molecular weight excluding hydrogens is 262 g/mol. The van der Waals surface area contributed by atoms with Gasteiger partial charge in [0.15, 0.2) is 3.92 Å². The summed E-state index contributed by atoms with van der Waals surface area (Å²) in [6, 6.07) is 2.04. The molecule has 0 saturated carbocycles. The summed E-state index contributed by atoms with van der Waals surface area (Å²) in [5, 5.41) is 0. The molecule has 1 aromatic carbocycles. The maximum atomic E-state index is 5.31. The molecule has 0 radical (unpaired) electrons. The van der Waals surface area contributed by atoms with Gasteiger partial charge in [-0.3, -0.25) is 0 Å². The van der Waals surface area contributed by atoms with Gasteiger partial charge in [0.1, 0.15) is 5.75 Å². The van der Waals surface area contributed by atoms with Crippen LogP contribution in [0.2, 0.25) is 0 Å². The van der Waals surface area contributed by atoms with Crippen LogP contribution in [0.15, 0.2) is 9.98 Å². The number of halogens is 1. The van der Waals surface area contributed by atoms with E-state index in [9.17, 15) is 0 Å². The Morgan fingerprint density at radius 2 is 2.07 bits per heavy atom. The topological polar surface area (TPSA) is 22.1 Å². The van der Waals surface area contributed by atoms with Crippen LogP contribution < -0.4 is 4.74 Å². The fraction of sp³-hybridized carbons (Fsp3) is 0.300. The molecule has 2 aromatic rings. The van der Waals surface area contributed by atoms with Crippen molar-refractivity contribution < 1.29 is 4.74 Å². The molecule has 14 heavy (non-hydrogen) atoms. The van der Waals surface area contributed by atoms with Crippen LogP contribution in [-0.2, 0) is 0 Å². The number of methoxy groups -OCH3 is 1. The summed E-state index contributed by atoms with van der Waals surface area (Å²) in [5.74, 6) is 0.936. The summed E-state index contributed by atoms with van der Waals surface area (Å²) in [5.41, 5.74) is 3.43. The third kappa shape index (κ3) is 1.42. The van der Waals surface area contributed by atoms with E-state index < -0.39 is 0 Å². The fourth-order valence-electron chi connectivity index (χ4n) is 1.47. The minimum Gasteiger partial charge on any atom is -0.496 e. The number of nitrogens with zero attached hydrogens (tertiary/aromatic N) is 1. The largest absolute Gasteiger partial charge is 0.496 e. The van der Waals surface area contributed by atoms with Crippen LogP contribution >= 0.6 is 27.3 Å². The third-order valence-electron chi connectivity index (χ3n) is 2.40. The Morgan fingerprint density at radius 1 is 1.36 bits per heavy atom. The third-order valence-corrected chi connectivity index (χ3v) is 3.85. The first-order valence-electron chi connectivity index (χ1n) is 4.23. The summed E-state index contributed by atoms with van der Waals surface area (Å²) in [4.78, 5) is 4.43. The van der Waals surface area contributed by atoms with E-state index in [0.29, 0.717) is 0 Å². The van der Waals surface area contributed by atoms with Gasteiger partial charge < -0.3 is 4.74 Å². The number of aryl methyl sites for hydroxylation is 1. The van der Waals surface area contributed by atoms with Crippen molar-refractivity contribution in [1.82, 2.24) is 4.98 Å². The van der Waals surface area contributed by atoms with Gasteiger partial charge in [-0.2, -0.15) is 0 Å². The van der Waals surface area contributed by atoms with Gasteiger partial charge in [-0.25, -0.2) is 4.98 Å². The van der Waals surface area contributed by atoms with Crippen molar-refractivity contribution in [2.24, 2.45) is 0 Å². The minimum absolute atomic E-state index is 0.920. The quantitative estimate of drug-likeness (QED) is 0.790. The molecule has 2 rings (SSSR count). The number of thiazole rings is 1. The first-order valence-corrected chi connectivity index (χ1v) is 5.84. The molecule has 0 fully saturated rings. The van der Waals surface area contributed by atoms with Gasteiger partial charge in [-0.1, -0.05) is 0 Å². The predicted octanol–water partition coefficient (Wildman–Crippen LogP) is 3.68. The molecule has 0 N–H and O–H groups in total. The molecule has 74 valence electrons. The smallest absolute Gasteiger partial charge is 0.160 e. The highest BCUT2D eigenvalue weighted by Crippen LogP contribution is 2.34. The molecule has 4 heteroatoms. The van der Waals surface area contributed by atoms with E-state index in [1.54, 1.807) is 18.4 Å². The van der Waals surface area contributed by atoms with Crippen molar-refractivity contribution in [2.45, 2.75) is 13.8 Å². The standard InChI is InChI=1S/C10H10BrNOS/c1-5-6(2)9-8(4-7(5)13-3)14-10(11)12-9/h4H,1-3H3. The second kappa shape index (κ2) is 3.51. The number of fused-ring (bicyclic) bond motifs is 1. The number of aromatic nitrogens is 1. The zero-order chi connectivity index (χ0) is 10.3. The molecule has 2 nitrogen and oxygen atoms in total. The summed E-state index contributed by atoms with van der Waals surface area (Å²) in [6.07, 6.45) is 0. The second-order valence-electron chi connectivity index (χ2n) is 3.14. The van der Waals surface area contributed by atoms with Crippen molar-refractivity contribution in [1.29, 1.82) is 0 Å². The van der Waals surface area contributed by atoms with Gasteiger partial charge in [-0.15, -0.1) is 11.3 Å². The van der Waals surface area contributed by atoms with Crippen molar-refractivity contribution in [3.05, 3.63) is 21.1 Å². The van der Waals surface area contributed by atoms with Crippen molar-refractivity contribution >= 4 is 37.5 Å². The summed E-state index contributed by atoms with van der Waals surface area (Å²) in [6.45, 7) is 4.13. The monoisotopic (exact) mass is 271 g/mol. The van der Waals surface area contributed by atoms with Crippen molar-refractivity contribution in [2.75, 3.05) is 7.11 Å². The Morgan fingerprint density at radius 3 is 2.71 bits per heavy atom. The lowest BCUT2D eigenvalue weighted by Crippen LogP contribution is -1.90. The number of benzene rings is 1. The molecular formula is C10H10BrNOS. The van der Waals surface area contributed by atoms with E-state index in [4.69, 9.17) is 4.74 Å². The number of rotatable bonds is 1. The molecule has 0 amide bonds.